The molecule has 18 heavy (non-hydrogen) atoms. The number of hydrogen-bond donors (Lipinski definition) is 1. The molecule has 4 nitrogen and oxygen atoms in total. The highest BCUT2D eigenvalue weighted by Crippen LogP contribution is 2.24. The zero-order valence-electron chi connectivity index (χ0n) is 9.81. The molecule has 2 aromatic rings. The Morgan fingerprint density at radius 3 is 2.89 bits per heavy atom. The van der Waals surface area contributed by atoms with E-state index in [0.717, 1.165) is 35.1 Å². The molecule has 2 N–H and O–H groups in total. The topological polar surface area (TPSA) is 56.7 Å². The van der Waals surface area contributed by atoms with Crippen LogP contribution in [0.25, 0.3) is 5.69 Å². The van der Waals surface area contributed by atoms with Gasteiger partial charge < -0.3 is 5.73 Å². The lowest BCUT2D eigenvalue weighted by Crippen LogP contribution is -1.99. The van der Waals surface area contributed by atoms with Crippen molar-refractivity contribution in [1.29, 1.82) is 0 Å². The summed E-state index contributed by atoms with van der Waals surface area (Å²) in [6, 6.07) is 5.68. The van der Waals surface area contributed by atoms with Crippen molar-refractivity contribution < 1.29 is 0 Å². The Labute approximate surface area is 119 Å². The van der Waals surface area contributed by atoms with E-state index in [0.29, 0.717) is 11.6 Å². The van der Waals surface area contributed by atoms with Crippen LogP contribution in [0.4, 0.5) is 0 Å². The number of nitrogens with zero attached hydrogens (tertiary/aromatic N) is 3. The van der Waals surface area contributed by atoms with Crippen LogP contribution in [0.15, 0.2) is 28.9 Å². The molecule has 0 unspecified atom stereocenters. The number of nitrogens with two attached hydrogens (primary N) is 1. The van der Waals surface area contributed by atoms with Gasteiger partial charge in [0.05, 0.1) is 22.6 Å². The number of rotatable bonds is 5. The number of hydrogen-bond acceptors (Lipinski definition) is 3. The largest absolute Gasteiger partial charge is 0.330 e. The van der Waals surface area contributed by atoms with Crippen LogP contribution < -0.4 is 5.73 Å². The minimum atomic E-state index is 0.641. The number of benzene rings is 1. The fraction of sp³-hybridized carbons (Fsp3) is 0.333. The molecule has 0 saturated carbocycles. The molecule has 0 bridgehead atoms. The van der Waals surface area contributed by atoms with E-state index in [9.17, 15) is 0 Å². The van der Waals surface area contributed by atoms with Crippen molar-refractivity contribution in [2.75, 3.05) is 6.54 Å². The first-order valence-electron chi connectivity index (χ1n) is 5.77. The van der Waals surface area contributed by atoms with Crippen LogP contribution in [0.1, 0.15) is 18.5 Å². The maximum absolute atomic E-state index is 6.16. The summed E-state index contributed by atoms with van der Waals surface area (Å²) in [7, 11) is 0. The normalized spacial score (nSPS) is 10.8. The summed E-state index contributed by atoms with van der Waals surface area (Å²) < 4.78 is 2.64. The molecule has 1 heterocycles. The van der Waals surface area contributed by atoms with E-state index in [1.807, 2.05) is 24.4 Å². The monoisotopic (exact) mass is 328 g/mol. The van der Waals surface area contributed by atoms with Gasteiger partial charge in [-0.15, -0.1) is 5.10 Å². The molecule has 0 aliphatic heterocycles. The van der Waals surface area contributed by atoms with Crippen molar-refractivity contribution in [3.05, 3.63) is 39.6 Å². The molecule has 0 amide bonds. The van der Waals surface area contributed by atoms with Gasteiger partial charge in [-0.1, -0.05) is 32.7 Å². The summed E-state index contributed by atoms with van der Waals surface area (Å²) in [5.41, 5.74) is 7.25. The molecule has 0 radical (unpaired) electrons. The molecule has 96 valence electrons. The minimum absolute atomic E-state index is 0.641. The first kappa shape index (κ1) is 13.5. The molecule has 1 aromatic heterocycles. The second kappa shape index (κ2) is 6.31. The Morgan fingerprint density at radius 1 is 1.33 bits per heavy atom. The van der Waals surface area contributed by atoms with Gasteiger partial charge in [-0.2, -0.15) is 0 Å². The second-order valence-electron chi connectivity index (χ2n) is 4.00. The van der Waals surface area contributed by atoms with E-state index in [4.69, 9.17) is 17.3 Å². The Morgan fingerprint density at radius 2 is 2.17 bits per heavy atom. The zero-order chi connectivity index (χ0) is 13.0. The predicted octanol–water partition coefficient (Wildman–Crippen LogP) is 2.96. The summed E-state index contributed by atoms with van der Waals surface area (Å²) >= 11 is 9.54. The summed E-state index contributed by atoms with van der Waals surface area (Å²) in [4.78, 5) is 0. The van der Waals surface area contributed by atoms with E-state index in [2.05, 4.69) is 26.2 Å². The number of halogens is 2. The fourth-order valence-electron chi connectivity index (χ4n) is 1.65. The van der Waals surface area contributed by atoms with Crippen molar-refractivity contribution in [2.24, 2.45) is 5.73 Å². The number of aromatic nitrogens is 3. The van der Waals surface area contributed by atoms with Gasteiger partial charge in [0.1, 0.15) is 0 Å². The Kier molecular flexibility index (Phi) is 4.74. The van der Waals surface area contributed by atoms with Gasteiger partial charge in [0.15, 0.2) is 0 Å². The van der Waals surface area contributed by atoms with Crippen LogP contribution in [0.5, 0.6) is 0 Å². The summed E-state index contributed by atoms with van der Waals surface area (Å²) in [5.74, 6) is 0. The zero-order valence-corrected chi connectivity index (χ0v) is 12.2. The fourth-order valence-corrected chi connectivity index (χ4v) is 2.41. The Bertz CT molecular complexity index is 527. The molecular weight excluding hydrogens is 316 g/mol. The third kappa shape index (κ3) is 3.31. The van der Waals surface area contributed by atoms with Crippen LogP contribution in [0.2, 0.25) is 5.02 Å². The van der Waals surface area contributed by atoms with Crippen LogP contribution in [-0.2, 0) is 6.42 Å². The van der Waals surface area contributed by atoms with Crippen molar-refractivity contribution >= 4 is 27.5 Å². The third-order valence-corrected chi connectivity index (χ3v) is 3.38. The first-order chi connectivity index (χ1) is 8.70. The maximum Gasteiger partial charge on any atom is 0.0850 e. The van der Waals surface area contributed by atoms with Crippen molar-refractivity contribution in [1.82, 2.24) is 15.0 Å². The lowest BCUT2D eigenvalue weighted by atomic mass is 10.2. The maximum atomic E-state index is 6.16. The smallest absolute Gasteiger partial charge is 0.0850 e. The second-order valence-corrected chi connectivity index (χ2v) is 5.32. The lowest BCUT2D eigenvalue weighted by molar-refractivity contribution is 0.727. The summed E-state index contributed by atoms with van der Waals surface area (Å²) in [5, 5.41) is 8.86. The van der Waals surface area contributed by atoms with Gasteiger partial charge in [0.2, 0.25) is 0 Å². The molecule has 1 aromatic carbocycles. The molecule has 0 saturated heterocycles. The van der Waals surface area contributed by atoms with Gasteiger partial charge in [-0.25, -0.2) is 4.68 Å². The highest BCUT2D eigenvalue weighted by atomic mass is 79.9. The van der Waals surface area contributed by atoms with Gasteiger partial charge in [-0.3, -0.25) is 0 Å². The average Bonchev–Trinajstić information content (AvgIpc) is 2.78. The summed E-state index contributed by atoms with van der Waals surface area (Å²) in [6.07, 6.45) is 4.84. The lowest BCUT2D eigenvalue weighted by Gasteiger charge is -2.03. The Balaban J connectivity index is 2.13. The molecule has 0 fully saturated rings. The van der Waals surface area contributed by atoms with Crippen LogP contribution in [0, 0.1) is 0 Å². The van der Waals surface area contributed by atoms with Crippen LogP contribution in [0.3, 0.4) is 0 Å². The van der Waals surface area contributed by atoms with Gasteiger partial charge in [-0.05, 0) is 44.0 Å². The molecule has 0 aliphatic carbocycles. The van der Waals surface area contributed by atoms with E-state index < -0.39 is 0 Å². The first-order valence-corrected chi connectivity index (χ1v) is 6.94. The van der Waals surface area contributed by atoms with Crippen molar-refractivity contribution in [3.63, 3.8) is 0 Å². The highest BCUT2D eigenvalue weighted by molar-refractivity contribution is 9.10. The van der Waals surface area contributed by atoms with E-state index in [-0.39, 0.29) is 0 Å². The van der Waals surface area contributed by atoms with E-state index >= 15 is 0 Å². The van der Waals surface area contributed by atoms with Gasteiger partial charge in [0.25, 0.3) is 0 Å². The van der Waals surface area contributed by atoms with E-state index in [1.54, 1.807) is 4.68 Å². The SMILES string of the molecule is NCCCCc1cn(-c2ccc(Br)cc2Cl)nn1. The molecule has 6 heteroatoms. The van der Waals surface area contributed by atoms with E-state index in [1.165, 1.54) is 0 Å². The molecule has 2 rings (SSSR count). The van der Waals surface area contributed by atoms with Gasteiger partial charge in [0, 0.05) is 4.47 Å². The van der Waals surface area contributed by atoms with Crippen LogP contribution >= 0.6 is 27.5 Å². The molecule has 0 spiro atoms. The number of aryl methyl sites for hydroxylation is 1. The molecule has 0 aliphatic rings. The van der Waals surface area contributed by atoms with Crippen LogP contribution in [-0.4, -0.2) is 21.5 Å². The van der Waals surface area contributed by atoms with Gasteiger partial charge >= 0.3 is 0 Å². The summed E-state index contributed by atoms with van der Waals surface area (Å²) in [6.45, 7) is 0.715. The number of unbranched alkanes of at least 4 members (excludes halogenated alkanes) is 1. The quantitative estimate of drug-likeness (QED) is 0.858. The Hall–Kier alpha value is -0.910. The highest BCUT2D eigenvalue weighted by Gasteiger charge is 2.06. The van der Waals surface area contributed by atoms with Crippen molar-refractivity contribution in [3.8, 4) is 5.69 Å². The third-order valence-electron chi connectivity index (χ3n) is 2.58. The molecule has 0 atom stereocenters. The van der Waals surface area contributed by atoms with Crippen molar-refractivity contribution in [2.45, 2.75) is 19.3 Å². The predicted molar refractivity (Wildman–Crippen MR) is 76.1 cm³/mol. The standard InChI is InChI=1S/C12H14BrClN4/c13-9-4-5-12(11(14)7-9)18-8-10(16-17-18)3-1-2-6-15/h4-5,7-8H,1-3,6,15H2. The average molecular weight is 330 g/mol. The minimum Gasteiger partial charge on any atom is -0.330 e. The molecular formula is C12H14BrClN4.